The maximum absolute atomic E-state index is 10.7. The molecule has 1 N–H and O–H groups in total. The van der Waals surface area contributed by atoms with Crippen LogP contribution in [0.15, 0.2) is 0 Å². The first kappa shape index (κ1) is 7.18. The summed E-state index contributed by atoms with van der Waals surface area (Å²) >= 11 is 0. The van der Waals surface area contributed by atoms with Crippen LogP contribution >= 0.6 is 0 Å². The Morgan fingerprint density at radius 2 is 2.44 bits per heavy atom. The van der Waals surface area contributed by atoms with Crippen LogP contribution in [0.2, 0.25) is 0 Å². The van der Waals surface area contributed by atoms with Crippen LogP contribution in [0, 0.1) is 0 Å². The first-order valence-electron chi connectivity index (χ1n) is 2.97. The van der Waals surface area contributed by atoms with Crippen LogP contribution in [0.25, 0.3) is 0 Å². The van der Waals surface area contributed by atoms with Gasteiger partial charge >= 0.3 is 0 Å². The second-order valence-electron chi connectivity index (χ2n) is 2.22. The normalized spacial score (nSPS) is 32.9. The Balaban J connectivity index is 2.39. The zero-order chi connectivity index (χ0) is 6.85. The molecule has 2 unspecified atom stereocenters. The van der Waals surface area contributed by atoms with Gasteiger partial charge < -0.3 is 5.11 Å². The summed E-state index contributed by atoms with van der Waals surface area (Å²) in [6.07, 6.45) is -0.434. The lowest BCUT2D eigenvalue weighted by molar-refractivity contribution is 0.0423. The molecule has 1 heterocycles. The van der Waals surface area contributed by atoms with E-state index in [-0.39, 0.29) is 0 Å². The third kappa shape index (κ3) is 1.74. The molecule has 4 heteroatoms. The molecule has 1 aliphatic heterocycles. The minimum Gasteiger partial charge on any atom is -0.379 e. The van der Waals surface area contributed by atoms with Crippen LogP contribution in [0.4, 0.5) is 0 Å². The smallest absolute Gasteiger partial charge is 0.105 e. The Kier molecular flexibility index (Phi) is 2.21. The fourth-order valence-corrected chi connectivity index (χ4v) is 2.11. The van der Waals surface area contributed by atoms with Gasteiger partial charge in [-0.05, 0) is 6.92 Å². The third-order valence-corrected chi connectivity index (χ3v) is 2.70. The van der Waals surface area contributed by atoms with Crippen molar-refractivity contribution in [3.05, 3.63) is 0 Å². The summed E-state index contributed by atoms with van der Waals surface area (Å²) in [5, 5.41) is 8.96. The van der Waals surface area contributed by atoms with Gasteiger partial charge in [-0.15, -0.1) is 0 Å². The highest BCUT2D eigenvalue weighted by molar-refractivity contribution is 7.85. The molecule has 0 radical (unpaired) electrons. The van der Waals surface area contributed by atoms with Gasteiger partial charge in [0.05, 0.1) is 5.88 Å². The number of aliphatic hydroxyl groups is 1. The zero-order valence-corrected chi connectivity index (χ0v) is 6.23. The lowest BCUT2D eigenvalue weighted by Crippen LogP contribution is -2.30. The van der Waals surface area contributed by atoms with E-state index in [4.69, 9.17) is 5.11 Å². The van der Waals surface area contributed by atoms with Crippen molar-refractivity contribution in [2.24, 2.45) is 0 Å². The average Bonchev–Trinajstić information content (AvgIpc) is 2.14. The molecule has 1 rings (SSSR count). The number of hydrogen-bond donors (Lipinski definition) is 1. The van der Waals surface area contributed by atoms with Crippen LogP contribution in [-0.4, -0.2) is 38.6 Å². The van der Waals surface area contributed by atoms with Crippen molar-refractivity contribution in [3.63, 3.8) is 0 Å². The van der Waals surface area contributed by atoms with Gasteiger partial charge in [-0.2, -0.15) is 0 Å². The SMILES string of the molecule is CC(O)N1CCS(=O)C1. The fraction of sp³-hybridized carbons (Fsp3) is 1.00. The van der Waals surface area contributed by atoms with Gasteiger partial charge in [-0.25, -0.2) is 0 Å². The number of hydrogen-bond acceptors (Lipinski definition) is 3. The van der Waals surface area contributed by atoms with Crippen molar-refractivity contribution in [1.29, 1.82) is 0 Å². The van der Waals surface area contributed by atoms with Crippen molar-refractivity contribution < 1.29 is 9.32 Å². The highest BCUT2D eigenvalue weighted by Gasteiger charge is 2.20. The van der Waals surface area contributed by atoms with Crippen LogP contribution in [0.5, 0.6) is 0 Å². The van der Waals surface area contributed by atoms with E-state index >= 15 is 0 Å². The summed E-state index contributed by atoms with van der Waals surface area (Å²) in [5.41, 5.74) is 0. The summed E-state index contributed by atoms with van der Waals surface area (Å²) < 4.78 is 10.7. The molecule has 9 heavy (non-hydrogen) atoms. The van der Waals surface area contributed by atoms with Gasteiger partial charge in [0.25, 0.3) is 0 Å². The van der Waals surface area contributed by atoms with Crippen molar-refractivity contribution in [2.75, 3.05) is 18.2 Å². The van der Waals surface area contributed by atoms with Gasteiger partial charge in [0.1, 0.15) is 6.23 Å². The van der Waals surface area contributed by atoms with Crippen LogP contribution in [-0.2, 0) is 10.8 Å². The summed E-state index contributed by atoms with van der Waals surface area (Å²) in [4.78, 5) is 1.80. The number of rotatable bonds is 1. The van der Waals surface area contributed by atoms with Crippen molar-refractivity contribution in [3.8, 4) is 0 Å². The number of nitrogens with zero attached hydrogens (tertiary/aromatic N) is 1. The van der Waals surface area contributed by atoms with Crippen LogP contribution < -0.4 is 0 Å². The molecule has 0 aromatic carbocycles. The Hall–Kier alpha value is 0.0700. The Labute approximate surface area is 57.1 Å². The molecule has 54 valence electrons. The molecule has 0 bridgehead atoms. The third-order valence-electron chi connectivity index (χ3n) is 1.44. The molecule has 0 aromatic heterocycles. The maximum atomic E-state index is 10.7. The van der Waals surface area contributed by atoms with E-state index in [9.17, 15) is 4.21 Å². The van der Waals surface area contributed by atoms with Gasteiger partial charge in [-0.3, -0.25) is 9.11 Å². The van der Waals surface area contributed by atoms with E-state index < -0.39 is 17.0 Å². The lowest BCUT2D eigenvalue weighted by Gasteiger charge is -2.15. The van der Waals surface area contributed by atoms with E-state index in [0.29, 0.717) is 11.6 Å². The Bertz CT molecular complexity index is 126. The van der Waals surface area contributed by atoms with E-state index in [1.54, 1.807) is 11.8 Å². The highest BCUT2D eigenvalue weighted by atomic mass is 32.2. The molecule has 1 aliphatic rings. The molecule has 0 amide bonds. The van der Waals surface area contributed by atoms with E-state index in [1.165, 1.54) is 0 Å². The summed E-state index contributed by atoms with van der Waals surface area (Å²) in [5.74, 6) is 1.25. The first-order valence-corrected chi connectivity index (χ1v) is 4.46. The number of aliphatic hydroxyl groups excluding tert-OH is 1. The summed E-state index contributed by atoms with van der Waals surface area (Å²) in [7, 11) is -0.708. The minimum atomic E-state index is -0.708. The Morgan fingerprint density at radius 1 is 1.78 bits per heavy atom. The molecule has 0 saturated carbocycles. The van der Waals surface area contributed by atoms with Gasteiger partial charge in [0, 0.05) is 23.1 Å². The van der Waals surface area contributed by atoms with Gasteiger partial charge in [0.2, 0.25) is 0 Å². The molecule has 0 aliphatic carbocycles. The minimum absolute atomic E-state index is 0.434. The van der Waals surface area contributed by atoms with E-state index in [1.807, 2.05) is 0 Å². The Morgan fingerprint density at radius 3 is 2.67 bits per heavy atom. The quantitative estimate of drug-likeness (QED) is 0.538. The second kappa shape index (κ2) is 2.77. The fourth-order valence-electron chi connectivity index (χ4n) is 0.828. The molecule has 1 fully saturated rings. The van der Waals surface area contributed by atoms with E-state index in [0.717, 1.165) is 6.54 Å². The van der Waals surface area contributed by atoms with Crippen LogP contribution in [0.3, 0.4) is 0 Å². The predicted octanol–water partition coefficient (Wildman–Crippen LogP) is -0.654. The topological polar surface area (TPSA) is 40.5 Å². The highest BCUT2D eigenvalue weighted by Crippen LogP contribution is 2.04. The van der Waals surface area contributed by atoms with Crippen molar-refractivity contribution in [2.45, 2.75) is 13.2 Å². The van der Waals surface area contributed by atoms with Crippen molar-refractivity contribution >= 4 is 10.8 Å². The molecule has 1 saturated heterocycles. The molecule has 0 spiro atoms. The molecule has 2 atom stereocenters. The molecular formula is C5H11NO2S. The monoisotopic (exact) mass is 149 g/mol. The maximum Gasteiger partial charge on any atom is 0.105 e. The predicted molar refractivity (Wildman–Crippen MR) is 36.3 cm³/mol. The molecule has 0 aromatic rings. The van der Waals surface area contributed by atoms with Gasteiger partial charge in [0.15, 0.2) is 0 Å². The summed E-state index contributed by atoms with van der Waals surface area (Å²) in [6, 6.07) is 0. The standard InChI is InChI=1S/C5H11NO2S/c1-5(7)6-2-3-9(8)4-6/h5,7H,2-4H2,1H3. The average molecular weight is 149 g/mol. The van der Waals surface area contributed by atoms with E-state index in [2.05, 4.69) is 0 Å². The second-order valence-corrected chi connectivity index (χ2v) is 3.76. The van der Waals surface area contributed by atoms with Gasteiger partial charge in [-0.1, -0.05) is 0 Å². The zero-order valence-electron chi connectivity index (χ0n) is 5.41. The lowest BCUT2D eigenvalue weighted by atomic mass is 10.5. The molecule has 3 nitrogen and oxygen atoms in total. The molecular weight excluding hydrogens is 138 g/mol. The summed E-state index contributed by atoms with van der Waals surface area (Å²) in [6.45, 7) is 2.47. The first-order chi connectivity index (χ1) is 4.20. The van der Waals surface area contributed by atoms with Crippen molar-refractivity contribution in [1.82, 2.24) is 4.90 Å². The largest absolute Gasteiger partial charge is 0.379 e. The van der Waals surface area contributed by atoms with Crippen LogP contribution in [0.1, 0.15) is 6.92 Å².